The Kier molecular flexibility index (Phi) is 8.28. The van der Waals surface area contributed by atoms with Gasteiger partial charge in [0, 0.05) is 11.6 Å². The minimum atomic E-state index is -0.0679. The molecular weight excluding hydrogens is 402 g/mol. The molecule has 0 aliphatic carbocycles. The van der Waals surface area contributed by atoms with E-state index in [0.29, 0.717) is 12.1 Å². The first-order valence-electron chi connectivity index (χ1n) is 11.6. The molecule has 3 rings (SSSR count). The topological polar surface area (TPSA) is 61.9 Å². The number of amides is 2. The van der Waals surface area contributed by atoms with Crippen molar-refractivity contribution in [3.8, 4) is 5.75 Å². The number of carbonyl (C=O) groups excluding carboxylic acids is 2. The van der Waals surface area contributed by atoms with E-state index in [-0.39, 0.29) is 24.5 Å². The summed E-state index contributed by atoms with van der Waals surface area (Å²) in [5.74, 6) is 0.604. The van der Waals surface area contributed by atoms with Gasteiger partial charge in [0.05, 0.1) is 12.2 Å². The van der Waals surface area contributed by atoms with Gasteiger partial charge >= 0.3 is 0 Å². The average Bonchev–Trinajstić information content (AvgIpc) is 2.79. The lowest BCUT2D eigenvalue weighted by Crippen LogP contribution is -2.38. The first-order chi connectivity index (χ1) is 15.4. The Bertz CT molecular complexity index is 922. The summed E-state index contributed by atoms with van der Waals surface area (Å²) in [4.78, 5) is 29.2. The molecule has 0 spiro atoms. The van der Waals surface area contributed by atoms with Gasteiger partial charge in [0.25, 0.3) is 11.8 Å². The van der Waals surface area contributed by atoms with Crippen LogP contribution in [0.4, 0.5) is 5.69 Å². The predicted octanol–water partition coefficient (Wildman–Crippen LogP) is 4.16. The summed E-state index contributed by atoms with van der Waals surface area (Å²) in [5.41, 5.74) is 3.48. The van der Waals surface area contributed by atoms with Crippen LogP contribution in [0, 0.1) is 6.92 Å². The Morgan fingerprint density at radius 1 is 1.16 bits per heavy atom. The Hall–Kier alpha value is -2.86. The molecule has 32 heavy (non-hydrogen) atoms. The summed E-state index contributed by atoms with van der Waals surface area (Å²) < 4.78 is 5.58. The summed E-state index contributed by atoms with van der Waals surface area (Å²) >= 11 is 0. The molecule has 0 radical (unpaired) electrons. The molecule has 172 valence electrons. The van der Waals surface area contributed by atoms with Crippen LogP contribution in [0.2, 0.25) is 0 Å². The minimum Gasteiger partial charge on any atom is -0.482 e. The van der Waals surface area contributed by atoms with Gasteiger partial charge in [-0.15, -0.1) is 0 Å². The lowest BCUT2D eigenvalue weighted by atomic mass is 10.1. The standard InChI is InChI=1S/C26H35N3O3/c1-5-28(6-2)15-7-8-20(4)27-26(31)22-12-10-21(11-13-22)17-29-23-14-9-19(3)16-24(23)32-18-25(29)30/h9-14,16,20H,5-8,15,17-18H2,1-4H3,(H,27,31). The zero-order valence-corrected chi connectivity index (χ0v) is 19.7. The van der Waals surface area contributed by atoms with Crippen LogP contribution in [0.5, 0.6) is 5.75 Å². The fourth-order valence-corrected chi connectivity index (χ4v) is 3.97. The lowest BCUT2D eigenvalue weighted by Gasteiger charge is -2.29. The number of hydrogen-bond donors (Lipinski definition) is 1. The quantitative estimate of drug-likeness (QED) is 0.606. The third kappa shape index (κ3) is 6.10. The van der Waals surface area contributed by atoms with E-state index in [9.17, 15) is 9.59 Å². The second kappa shape index (κ2) is 11.1. The van der Waals surface area contributed by atoms with Gasteiger partial charge in [-0.2, -0.15) is 0 Å². The molecule has 6 nitrogen and oxygen atoms in total. The van der Waals surface area contributed by atoms with Crippen molar-refractivity contribution in [3.05, 3.63) is 59.2 Å². The maximum atomic E-state index is 12.6. The first kappa shape index (κ1) is 23.8. The van der Waals surface area contributed by atoms with Crippen molar-refractivity contribution >= 4 is 17.5 Å². The molecule has 0 saturated heterocycles. The first-order valence-corrected chi connectivity index (χ1v) is 11.6. The molecule has 0 fully saturated rings. The van der Waals surface area contributed by atoms with Crippen LogP contribution in [-0.4, -0.2) is 49.0 Å². The van der Waals surface area contributed by atoms with Gasteiger partial charge in [0.15, 0.2) is 6.61 Å². The van der Waals surface area contributed by atoms with Gasteiger partial charge in [-0.3, -0.25) is 9.59 Å². The van der Waals surface area contributed by atoms with E-state index in [2.05, 4.69) is 31.0 Å². The zero-order valence-electron chi connectivity index (χ0n) is 19.7. The minimum absolute atomic E-state index is 0.0447. The number of anilines is 1. The zero-order chi connectivity index (χ0) is 23.1. The molecule has 1 heterocycles. The maximum absolute atomic E-state index is 12.6. The molecule has 1 N–H and O–H groups in total. The van der Waals surface area contributed by atoms with Crippen molar-refractivity contribution in [2.75, 3.05) is 31.1 Å². The summed E-state index contributed by atoms with van der Waals surface area (Å²) in [7, 11) is 0. The number of nitrogens with one attached hydrogen (secondary N) is 1. The Labute approximate surface area is 191 Å². The van der Waals surface area contributed by atoms with Crippen LogP contribution in [0.3, 0.4) is 0 Å². The van der Waals surface area contributed by atoms with Crippen LogP contribution in [0.1, 0.15) is 55.1 Å². The van der Waals surface area contributed by atoms with E-state index in [4.69, 9.17) is 4.74 Å². The fraction of sp³-hybridized carbons (Fsp3) is 0.462. The highest BCUT2D eigenvalue weighted by molar-refractivity contribution is 5.98. The predicted molar refractivity (Wildman–Crippen MR) is 128 cm³/mol. The number of nitrogens with zero attached hydrogens (tertiary/aromatic N) is 2. The molecule has 1 aliphatic rings. The molecule has 1 aliphatic heterocycles. The summed E-state index contributed by atoms with van der Waals surface area (Å²) in [6, 6.07) is 13.5. The second-order valence-corrected chi connectivity index (χ2v) is 8.48. The Morgan fingerprint density at radius 2 is 1.88 bits per heavy atom. The lowest BCUT2D eigenvalue weighted by molar-refractivity contribution is -0.121. The smallest absolute Gasteiger partial charge is 0.265 e. The third-order valence-corrected chi connectivity index (χ3v) is 6.00. The number of rotatable bonds is 10. The largest absolute Gasteiger partial charge is 0.482 e. The van der Waals surface area contributed by atoms with Crippen molar-refractivity contribution in [1.29, 1.82) is 0 Å². The highest BCUT2D eigenvalue weighted by Crippen LogP contribution is 2.33. The number of fused-ring (bicyclic) bond motifs is 1. The number of hydrogen-bond acceptors (Lipinski definition) is 4. The van der Waals surface area contributed by atoms with Crippen molar-refractivity contribution in [2.45, 2.75) is 53.1 Å². The van der Waals surface area contributed by atoms with Crippen LogP contribution < -0.4 is 15.0 Å². The highest BCUT2D eigenvalue weighted by atomic mass is 16.5. The highest BCUT2D eigenvalue weighted by Gasteiger charge is 2.25. The van der Waals surface area contributed by atoms with Gasteiger partial charge < -0.3 is 19.9 Å². The summed E-state index contributed by atoms with van der Waals surface area (Å²) in [5, 5.41) is 3.09. The molecular formula is C26H35N3O3. The van der Waals surface area contributed by atoms with Gasteiger partial charge in [-0.25, -0.2) is 0 Å². The monoisotopic (exact) mass is 437 g/mol. The summed E-state index contributed by atoms with van der Waals surface area (Å²) in [6.45, 7) is 12.1. The van der Waals surface area contributed by atoms with E-state index in [0.717, 1.165) is 55.0 Å². The molecule has 2 amide bonds. The number of benzene rings is 2. The number of carbonyl (C=O) groups is 2. The van der Waals surface area contributed by atoms with E-state index < -0.39 is 0 Å². The van der Waals surface area contributed by atoms with Crippen molar-refractivity contribution < 1.29 is 14.3 Å². The molecule has 1 unspecified atom stereocenters. The fourth-order valence-electron chi connectivity index (χ4n) is 3.97. The third-order valence-electron chi connectivity index (χ3n) is 6.00. The Morgan fingerprint density at radius 3 is 2.56 bits per heavy atom. The molecule has 6 heteroatoms. The molecule has 0 saturated carbocycles. The van der Waals surface area contributed by atoms with E-state index in [1.165, 1.54) is 0 Å². The average molecular weight is 438 g/mol. The van der Waals surface area contributed by atoms with Gasteiger partial charge in [-0.1, -0.05) is 32.0 Å². The van der Waals surface area contributed by atoms with Crippen LogP contribution in [0.25, 0.3) is 0 Å². The van der Waals surface area contributed by atoms with Crippen LogP contribution in [-0.2, 0) is 11.3 Å². The molecule has 2 aromatic carbocycles. The van der Waals surface area contributed by atoms with E-state index in [1.54, 1.807) is 4.90 Å². The number of aryl methyl sites for hydroxylation is 1. The normalized spacial score (nSPS) is 14.2. The van der Waals surface area contributed by atoms with Crippen LogP contribution in [0.15, 0.2) is 42.5 Å². The van der Waals surface area contributed by atoms with Crippen molar-refractivity contribution in [1.82, 2.24) is 10.2 Å². The van der Waals surface area contributed by atoms with Crippen molar-refractivity contribution in [3.63, 3.8) is 0 Å². The van der Waals surface area contributed by atoms with Gasteiger partial charge in [0.2, 0.25) is 0 Å². The molecule has 0 bridgehead atoms. The molecule has 1 atom stereocenters. The summed E-state index contributed by atoms with van der Waals surface area (Å²) in [6.07, 6.45) is 2.02. The van der Waals surface area contributed by atoms with Crippen LogP contribution >= 0.6 is 0 Å². The van der Waals surface area contributed by atoms with Gasteiger partial charge in [0.1, 0.15) is 5.75 Å². The SMILES string of the molecule is CCN(CC)CCCC(C)NC(=O)c1ccc(CN2C(=O)COc3cc(C)ccc32)cc1. The second-order valence-electron chi connectivity index (χ2n) is 8.48. The molecule has 0 aromatic heterocycles. The van der Waals surface area contributed by atoms with Crippen molar-refractivity contribution in [2.24, 2.45) is 0 Å². The Balaban J connectivity index is 1.56. The van der Waals surface area contributed by atoms with E-state index in [1.807, 2.05) is 49.4 Å². The molecule has 2 aromatic rings. The van der Waals surface area contributed by atoms with E-state index >= 15 is 0 Å². The maximum Gasteiger partial charge on any atom is 0.265 e. The van der Waals surface area contributed by atoms with Gasteiger partial charge in [-0.05, 0) is 81.7 Å². The number of ether oxygens (including phenoxy) is 1.